The van der Waals surface area contributed by atoms with Gasteiger partial charge in [-0.2, -0.15) is 0 Å². The van der Waals surface area contributed by atoms with Gasteiger partial charge in [0.05, 0.1) is 11.3 Å². The molecule has 3 nitrogen and oxygen atoms in total. The van der Waals surface area contributed by atoms with E-state index in [-0.39, 0.29) is 18.6 Å². The van der Waals surface area contributed by atoms with Gasteiger partial charge in [0.2, 0.25) is 0 Å². The maximum absolute atomic E-state index is 11.3. The predicted molar refractivity (Wildman–Crippen MR) is 53.2 cm³/mol. The fourth-order valence-electron chi connectivity index (χ4n) is 0.827. The average molecular weight is 263 g/mol. The Morgan fingerprint density at radius 2 is 2.15 bits per heavy atom. The second-order valence-corrected chi connectivity index (χ2v) is 4.19. The number of carbonyl (C=O) groups excluding carboxylic acids is 1. The molecule has 1 rings (SSSR count). The second-order valence-electron chi connectivity index (χ2n) is 2.41. The summed E-state index contributed by atoms with van der Waals surface area (Å²) in [6, 6.07) is 1.78. The van der Waals surface area contributed by atoms with E-state index in [4.69, 9.17) is 5.11 Å². The van der Waals surface area contributed by atoms with Crippen LogP contribution in [0.5, 0.6) is 0 Å². The molecule has 0 saturated heterocycles. The highest BCUT2D eigenvalue weighted by Gasteiger charge is 2.12. The van der Waals surface area contributed by atoms with E-state index in [1.54, 1.807) is 11.4 Å². The first-order valence-electron chi connectivity index (χ1n) is 3.59. The van der Waals surface area contributed by atoms with Crippen LogP contribution in [0.25, 0.3) is 0 Å². The molecule has 70 valence electrons. The second kappa shape index (κ2) is 4.53. The molecule has 1 aromatic rings. The quantitative estimate of drug-likeness (QED) is 0.849. The summed E-state index contributed by atoms with van der Waals surface area (Å²) in [5.74, 6) is -1.06. The highest BCUT2D eigenvalue weighted by atomic mass is 79.9. The molecule has 5 heteroatoms. The Labute approximate surface area is 87.5 Å². The van der Waals surface area contributed by atoms with Crippen LogP contribution in [0.15, 0.2) is 15.9 Å². The van der Waals surface area contributed by atoms with Gasteiger partial charge in [-0.1, -0.05) is 0 Å². The van der Waals surface area contributed by atoms with E-state index in [9.17, 15) is 9.59 Å². The van der Waals surface area contributed by atoms with Crippen LogP contribution in [-0.2, 0) is 4.79 Å². The maximum Gasteiger partial charge on any atom is 0.303 e. The summed E-state index contributed by atoms with van der Waals surface area (Å²) in [5, 5.41) is 10.2. The van der Waals surface area contributed by atoms with Crippen molar-refractivity contribution in [3.8, 4) is 0 Å². The Kier molecular flexibility index (Phi) is 3.62. The SMILES string of the molecule is O=C(O)CCC(=O)c1sccc1Br. The van der Waals surface area contributed by atoms with E-state index in [2.05, 4.69) is 15.9 Å². The number of thiophene rings is 1. The Hall–Kier alpha value is -0.680. The van der Waals surface area contributed by atoms with Crippen molar-refractivity contribution in [2.24, 2.45) is 0 Å². The van der Waals surface area contributed by atoms with Crippen LogP contribution in [0.1, 0.15) is 22.5 Å². The summed E-state index contributed by atoms with van der Waals surface area (Å²) in [5.41, 5.74) is 0. The normalized spacial score (nSPS) is 9.92. The first-order valence-corrected chi connectivity index (χ1v) is 5.26. The number of Topliss-reactive ketones (excluding diaryl/α,β-unsaturated/α-hetero) is 1. The molecule has 0 fully saturated rings. The number of hydrogen-bond donors (Lipinski definition) is 1. The molecule has 0 aromatic carbocycles. The van der Waals surface area contributed by atoms with Crippen LogP contribution >= 0.6 is 27.3 Å². The molecule has 0 radical (unpaired) electrons. The van der Waals surface area contributed by atoms with Gasteiger partial charge in [0.15, 0.2) is 5.78 Å². The third-order valence-electron chi connectivity index (χ3n) is 1.44. The smallest absolute Gasteiger partial charge is 0.303 e. The van der Waals surface area contributed by atoms with E-state index >= 15 is 0 Å². The van der Waals surface area contributed by atoms with Crippen LogP contribution < -0.4 is 0 Å². The van der Waals surface area contributed by atoms with Gasteiger partial charge < -0.3 is 5.11 Å². The predicted octanol–water partition coefficient (Wildman–Crippen LogP) is 2.56. The largest absolute Gasteiger partial charge is 0.481 e. The molecular weight excluding hydrogens is 256 g/mol. The van der Waals surface area contributed by atoms with Gasteiger partial charge in [0, 0.05) is 10.9 Å². The van der Waals surface area contributed by atoms with E-state index < -0.39 is 5.97 Å². The minimum Gasteiger partial charge on any atom is -0.481 e. The molecule has 0 unspecified atom stereocenters. The fourth-order valence-corrected chi connectivity index (χ4v) is 2.39. The molecule has 13 heavy (non-hydrogen) atoms. The number of carboxylic acids is 1. The monoisotopic (exact) mass is 262 g/mol. The zero-order chi connectivity index (χ0) is 9.84. The molecule has 0 amide bonds. The van der Waals surface area contributed by atoms with E-state index in [1.807, 2.05) is 0 Å². The first-order chi connectivity index (χ1) is 6.11. The van der Waals surface area contributed by atoms with E-state index in [0.717, 1.165) is 4.47 Å². The lowest BCUT2D eigenvalue weighted by Gasteiger charge is -1.95. The zero-order valence-corrected chi connectivity index (χ0v) is 9.02. The lowest BCUT2D eigenvalue weighted by atomic mass is 10.2. The van der Waals surface area contributed by atoms with Gasteiger partial charge in [-0.15, -0.1) is 11.3 Å². The third-order valence-corrected chi connectivity index (χ3v) is 3.32. The molecule has 1 N–H and O–H groups in total. The number of hydrogen-bond acceptors (Lipinski definition) is 3. The molecule has 0 atom stereocenters. The van der Waals surface area contributed by atoms with Gasteiger partial charge in [0.25, 0.3) is 0 Å². The van der Waals surface area contributed by atoms with Gasteiger partial charge >= 0.3 is 5.97 Å². The molecule has 0 bridgehead atoms. The van der Waals surface area contributed by atoms with Crippen molar-refractivity contribution < 1.29 is 14.7 Å². The zero-order valence-electron chi connectivity index (χ0n) is 6.62. The van der Waals surface area contributed by atoms with Crippen LogP contribution in [-0.4, -0.2) is 16.9 Å². The topological polar surface area (TPSA) is 54.4 Å². The first kappa shape index (κ1) is 10.4. The minimum absolute atomic E-state index is 0.0639. The Morgan fingerprint density at radius 3 is 2.62 bits per heavy atom. The Balaban J connectivity index is 2.59. The van der Waals surface area contributed by atoms with Crippen molar-refractivity contribution in [2.75, 3.05) is 0 Å². The number of halogens is 1. The lowest BCUT2D eigenvalue weighted by molar-refractivity contribution is -0.136. The number of rotatable bonds is 4. The van der Waals surface area contributed by atoms with Crippen molar-refractivity contribution >= 4 is 39.0 Å². The Bertz CT molecular complexity index is 332. The van der Waals surface area contributed by atoms with Crippen LogP contribution in [0, 0.1) is 0 Å². The van der Waals surface area contributed by atoms with Crippen molar-refractivity contribution in [3.05, 3.63) is 20.8 Å². The summed E-state index contributed by atoms with van der Waals surface area (Å²) in [6.45, 7) is 0. The summed E-state index contributed by atoms with van der Waals surface area (Å²) in [7, 11) is 0. The van der Waals surface area contributed by atoms with Crippen molar-refractivity contribution in [1.29, 1.82) is 0 Å². The van der Waals surface area contributed by atoms with Crippen molar-refractivity contribution in [1.82, 2.24) is 0 Å². The number of carboxylic acid groups (broad SMARTS) is 1. The molecule has 0 aliphatic carbocycles. The standard InChI is InChI=1S/C8H7BrO3S/c9-5-3-4-13-8(5)6(10)1-2-7(11)12/h3-4H,1-2H2,(H,11,12). The van der Waals surface area contributed by atoms with Gasteiger partial charge in [-0.3, -0.25) is 9.59 Å². The van der Waals surface area contributed by atoms with Gasteiger partial charge in [-0.05, 0) is 27.4 Å². The van der Waals surface area contributed by atoms with Crippen LogP contribution in [0.2, 0.25) is 0 Å². The number of aliphatic carboxylic acids is 1. The van der Waals surface area contributed by atoms with E-state index in [1.165, 1.54) is 11.3 Å². The number of carbonyl (C=O) groups is 2. The van der Waals surface area contributed by atoms with Crippen molar-refractivity contribution in [2.45, 2.75) is 12.8 Å². The minimum atomic E-state index is -0.943. The summed E-state index contributed by atoms with van der Waals surface area (Å²) in [6.07, 6.45) is -0.0440. The average Bonchev–Trinajstić information content (AvgIpc) is 2.47. The Morgan fingerprint density at radius 1 is 1.46 bits per heavy atom. The van der Waals surface area contributed by atoms with Crippen LogP contribution in [0.4, 0.5) is 0 Å². The summed E-state index contributed by atoms with van der Waals surface area (Å²) >= 11 is 4.54. The highest BCUT2D eigenvalue weighted by Crippen LogP contribution is 2.24. The summed E-state index contributed by atoms with van der Waals surface area (Å²) in [4.78, 5) is 22.1. The molecule has 0 aliphatic rings. The van der Waals surface area contributed by atoms with Crippen molar-refractivity contribution in [3.63, 3.8) is 0 Å². The maximum atomic E-state index is 11.3. The lowest BCUT2D eigenvalue weighted by Crippen LogP contribution is -2.02. The van der Waals surface area contributed by atoms with Gasteiger partial charge in [-0.25, -0.2) is 0 Å². The highest BCUT2D eigenvalue weighted by molar-refractivity contribution is 9.10. The van der Waals surface area contributed by atoms with Crippen LogP contribution in [0.3, 0.4) is 0 Å². The molecule has 0 saturated carbocycles. The molecule has 1 aromatic heterocycles. The fraction of sp³-hybridized carbons (Fsp3) is 0.250. The molecule has 1 heterocycles. The third kappa shape index (κ3) is 2.93. The number of ketones is 1. The van der Waals surface area contributed by atoms with Gasteiger partial charge in [0.1, 0.15) is 0 Å². The summed E-state index contributed by atoms with van der Waals surface area (Å²) < 4.78 is 0.743. The molecular formula is C8H7BrO3S. The molecule has 0 spiro atoms. The van der Waals surface area contributed by atoms with E-state index in [0.29, 0.717) is 4.88 Å². The molecule has 0 aliphatic heterocycles.